The van der Waals surface area contributed by atoms with Gasteiger partial charge >= 0.3 is 0 Å². The van der Waals surface area contributed by atoms with Gasteiger partial charge in [-0.25, -0.2) is 15.0 Å². The molecule has 1 fully saturated rings. The molecular weight excluding hydrogens is 292 g/mol. The topological polar surface area (TPSA) is 41.1 Å². The molecule has 100 valence electrons. The van der Waals surface area contributed by atoms with Crippen LogP contribution >= 0.6 is 15.9 Å². The fourth-order valence-electron chi connectivity index (χ4n) is 2.45. The summed E-state index contributed by atoms with van der Waals surface area (Å²) >= 11 is 3.44. The molecule has 4 nitrogen and oxygen atoms in total. The van der Waals surface area contributed by atoms with Crippen molar-refractivity contribution in [2.24, 2.45) is 0 Å². The molecule has 1 aromatic rings. The first-order valence-electron chi connectivity index (χ1n) is 6.68. The van der Waals surface area contributed by atoms with Gasteiger partial charge in [-0.15, -0.1) is 0 Å². The van der Waals surface area contributed by atoms with Gasteiger partial charge in [0, 0.05) is 24.6 Å². The number of hydrogen-bond acceptors (Lipinski definition) is 4. The van der Waals surface area contributed by atoms with Crippen LogP contribution < -0.4 is 5.43 Å². The number of hydrazine groups is 1. The summed E-state index contributed by atoms with van der Waals surface area (Å²) < 4.78 is 0.842. The molecule has 1 saturated heterocycles. The third-order valence-electron chi connectivity index (χ3n) is 3.49. The highest BCUT2D eigenvalue weighted by atomic mass is 79.9. The molecule has 18 heavy (non-hydrogen) atoms. The summed E-state index contributed by atoms with van der Waals surface area (Å²) in [5.41, 5.74) is 3.45. The Kier molecular flexibility index (Phi) is 4.56. The smallest absolute Gasteiger partial charge is 0.145 e. The van der Waals surface area contributed by atoms with Crippen molar-refractivity contribution in [3.05, 3.63) is 16.5 Å². The third kappa shape index (κ3) is 3.20. The molecule has 0 radical (unpaired) electrons. The Hall–Kier alpha value is -0.680. The lowest BCUT2D eigenvalue weighted by atomic mass is 10.00. The fourth-order valence-corrected chi connectivity index (χ4v) is 2.88. The number of anilines is 1. The molecule has 0 saturated carbocycles. The molecule has 0 aliphatic carbocycles. The molecule has 2 unspecified atom stereocenters. The molecule has 0 amide bonds. The van der Waals surface area contributed by atoms with Gasteiger partial charge in [-0.05, 0) is 42.6 Å². The average Bonchev–Trinajstić information content (AvgIpc) is 2.33. The van der Waals surface area contributed by atoms with Crippen molar-refractivity contribution in [3.63, 3.8) is 0 Å². The molecule has 1 aliphatic rings. The predicted octanol–water partition coefficient (Wildman–Crippen LogP) is 3.39. The number of halogens is 1. The fraction of sp³-hybridized carbons (Fsp3) is 0.692. The van der Waals surface area contributed by atoms with Crippen LogP contribution in [0.15, 0.2) is 10.7 Å². The highest BCUT2D eigenvalue weighted by molar-refractivity contribution is 9.10. The molecule has 0 aromatic carbocycles. The minimum absolute atomic E-state index is 0.549. The van der Waals surface area contributed by atoms with E-state index in [0.29, 0.717) is 12.1 Å². The van der Waals surface area contributed by atoms with Crippen LogP contribution in [-0.4, -0.2) is 27.1 Å². The van der Waals surface area contributed by atoms with Crippen LogP contribution in [0.3, 0.4) is 0 Å². The largest absolute Gasteiger partial charge is 0.302 e. The second kappa shape index (κ2) is 5.97. The Morgan fingerprint density at radius 2 is 2.00 bits per heavy atom. The van der Waals surface area contributed by atoms with E-state index in [-0.39, 0.29) is 0 Å². The molecule has 5 heteroatoms. The lowest BCUT2D eigenvalue weighted by Crippen LogP contribution is -2.47. The highest BCUT2D eigenvalue weighted by Crippen LogP contribution is 2.23. The van der Waals surface area contributed by atoms with Crippen LogP contribution in [0.1, 0.15) is 45.9 Å². The zero-order chi connectivity index (χ0) is 13.1. The number of nitrogens with one attached hydrogen (secondary N) is 1. The van der Waals surface area contributed by atoms with E-state index < -0.39 is 0 Å². The monoisotopic (exact) mass is 312 g/mol. The SMILES string of the molecule is CCc1nc(Br)cc(NN2C(C)CCCC2C)n1. The lowest BCUT2D eigenvalue weighted by molar-refractivity contribution is 0.135. The summed E-state index contributed by atoms with van der Waals surface area (Å²) in [7, 11) is 0. The summed E-state index contributed by atoms with van der Waals surface area (Å²) in [6, 6.07) is 3.04. The van der Waals surface area contributed by atoms with Crippen molar-refractivity contribution in [2.75, 3.05) is 5.43 Å². The molecule has 2 rings (SSSR count). The maximum Gasteiger partial charge on any atom is 0.145 e. The Balaban J connectivity index is 2.14. The van der Waals surface area contributed by atoms with Gasteiger partial charge in [0.2, 0.25) is 0 Å². The predicted molar refractivity (Wildman–Crippen MR) is 77.3 cm³/mol. The third-order valence-corrected chi connectivity index (χ3v) is 3.90. The van der Waals surface area contributed by atoms with E-state index in [4.69, 9.17) is 0 Å². The van der Waals surface area contributed by atoms with Crippen LogP contribution in [0.5, 0.6) is 0 Å². The first-order chi connectivity index (χ1) is 8.60. The van der Waals surface area contributed by atoms with Crippen molar-refractivity contribution in [1.82, 2.24) is 15.0 Å². The van der Waals surface area contributed by atoms with Crippen molar-refractivity contribution >= 4 is 21.7 Å². The summed E-state index contributed by atoms with van der Waals surface area (Å²) in [5, 5.41) is 2.32. The second-order valence-corrected chi connectivity index (χ2v) is 5.81. The standard InChI is InChI=1S/C13H21BrN4/c1-4-12-15-11(14)8-13(16-12)17-18-9(2)6-5-7-10(18)3/h8-10H,4-7H2,1-3H3,(H,15,16,17). The summed E-state index contributed by atoms with van der Waals surface area (Å²) in [6.07, 6.45) is 4.64. The number of aromatic nitrogens is 2. The first kappa shape index (κ1) is 13.7. The zero-order valence-corrected chi connectivity index (χ0v) is 12.9. The van der Waals surface area contributed by atoms with E-state index in [0.717, 1.165) is 22.7 Å². The Labute approximate surface area is 117 Å². The van der Waals surface area contributed by atoms with Gasteiger partial charge in [0.15, 0.2) is 0 Å². The van der Waals surface area contributed by atoms with Gasteiger partial charge in [0.05, 0.1) is 0 Å². The van der Waals surface area contributed by atoms with E-state index in [1.54, 1.807) is 0 Å². The lowest BCUT2D eigenvalue weighted by Gasteiger charge is -2.39. The zero-order valence-electron chi connectivity index (χ0n) is 11.3. The quantitative estimate of drug-likeness (QED) is 0.869. The molecule has 1 aromatic heterocycles. The minimum Gasteiger partial charge on any atom is -0.302 e. The van der Waals surface area contributed by atoms with Crippen molar-refractivity contribution in [1.29, 1.82) is 0 Å². The number of aryl methyl sites for hydroxylation is 1. The highest BCUT2D eigenvalue weighted by Gasteiger charge is 2.25. The Bertz CT molecular complexity index is 400. The number of nitrogens with zero attached hydrogens (tertiary/aromatic N) is 3. The molecule has 0 spiro atoms. The van der Waals surface area contributed by atoms with Crippen LogP contribution in [0.2, 0.25) is 0 Å². The molecule has 2 heterocycles. The van der Waals surface area contributed by atoms with E-state index in [9.17, 15) is 0 Å². The number of piperidine rings is 1. The maximum atomic E-state index is 4.52. The molecular formula is C13H21BrN4. The summed E-state index contributed by atoms with van der Waals surface area (Å²) in [6.45, 7) is 6.59. The van der Waals surface area contributed by atoms with Crippen LogP contribution in [0, 0.1) is 0 Å². The summed E-state index contributed by atoms with van der Waals surface area (Å²) in [4.78, 5) is 8.85. The number of hydrogen-bond donors (Lipinski definition) is 1. The first-order valence-corrected chi connectivity index (χ1v) is 7.48. The van der Waals surface area contributed by atoms with Crippen LogP contribution in [0.25, 0.3) is 0 Å². The Morgan fingerprint density at radius 1 is 1.33 bits per heavy atom. The van der Waals surface area contributed by atoms with Crippen molar-refractivity contribution in [3.8, 4) is 0 Å². The second-order valence-electron chi connectivity index (χ2n) is 4.99. The minimum atomic E-state index is 0.549. The normalized spacial score (nSPS) is 25.1. The van der Waals surface area contributed by atoms with Gasteiger partial charge in [-0.2, -0.15) is 0 Å². The molecule has 1 N–H and O–H groups in total. The van der Waals surface area contributed by atoms with Crippen LogP contribution in [0.4, 0.5) is 5.82 Å². The maximum absolute atomic E-state index is 4.52. The Morgan fingerprint density at radius 3 is 2.61 bits per heavy atom. The molecule has 2 atom stereocenters. The van der Waals surface area contributed by atoms with E-state index in [1.165, 1.54) is 19.3 Å². The van der Waals surface area contributed by atoms with E-state index in [2.05, 4.69) is 57.1 Å². The number of rotatable bonds is 3. The van der Waals surface area contributed by atoms with Gasteiger partial charge in [-0.1, -0.05) is 13.3 Å². The van der Waals surface area contributed by atoms with Gasteiger partial charge in [0.1, 0.15) is 16.2 Å². The van der Waals surface area contributed by atoms with E-state index >= 15 is 0 Å². The van der Waals surface area contributed by atoms with E-state index in [1.807, 2.05) is 6.07 Å². The molecule has 0 bridgehead atoms. The van der Waals surface area contributed by atoms with Gasteiger partial charge in [-0.3, -0.25) is 0 Å². The van der Waals surface area contributed by atoms with Crippen molar-refractivity contribution < 1.29 is 0 Å². The summed E-state index contributed by atoms with van der Waals surface area (Å²) in [5.74, 6) is 1.75. The average molecular weight is 313 g/mol. The van der Waals surface area contributed by atoms with Crippen LogP contribution in [-0.2, 0) is 6.42 Å². The molecule has 1 aliphatic heterocycles. The van der Waals surface area contributed by atoms with Gasteiger partial charge in [0.25, 0.3) is 0 Å². The van der Waals surface area contributed by atoms with Gasteiger partial charge < -0.3 is 5.43 Å². The van der Waals surface area contributed by atoms with Crippen molar-refractivity contribution in [2.45, 2.75) is 58.5 Å².